The first-order chi connectivity index (χ1) is 15.7. The molecule has 4 rings (SSSR count). The first-order valence-corrected chi connectivity index (χ1v) is 11.5. The van der Waals surface area contributed by atoms with E-state index in [0.29, 0.717) is 19.4 Å². The molecule has 0 bridgehead atoms. The molecule has 5 nitrogen and oxygen atoms in total. The molecule has 1 aliphatic rings. The van der Waals surface area contributed by atoms with Gasteiger partial charge in [-0.15, -0.1) is 0 Å². The number of hydrogen-bond donors (Lipinski definition) is 2. The number of halogens is 2. The van der Waals surface area contributed by atoms with Crippen molar-refractivity contribution in [3.8, 4) is 0 Å². The standard InChI is InChI=1S/C26H32F2N4O/c1-25(27,28)26(11-12-26)22(19-7-5-4-6-8-19)15-24(33)29-17-21(32(2)3)14-18-9-10-23-20(13-18)16-30-31-23/h4-10,13,16,21-22H,11-12,14-15,17H2,1-3H3,(H,29,33)(H,30,31)/t21-,22+/m0/s1. The molecule has 2 atom stereocenters. The zero-order valence-corrected chi connectivity index (χ0v) is 19.4. The van der Waals surface area contributed by atoms with E-state index in [4.69, 9.17) is 0 Å². The van der Waals surface area contributed by atoms with Crippen molar-refractivity contribution in [2.45, 2.75) is 50.5 Å². The molecule has 33 heavy (non-hydrogen) atoms. The molecular weight excluding hydrogens is 422 g/mol. The van der Waals surface area contributed by atoms with Gasteiger partial charge in [-0.05, 0) is 63.5 Å². The Morgan fingerprint density at radius 1 is 1.21 bits per heavy atom. The van der Waals surface area contributed by atoms with Crippen LogP contribution in [-0.2, 0) is 11.2 Å². The summed E-state index contributed by atoms with van der Waals surface area (Å²) in [6, 6.07) is 15.5. The monoisotopic (exact) mass is 454 g/mol. The quantitative estimate of drug-likeness (QED) is 0.464. The van der Waals surface area contributed by atoms with Crippen molar-refractivity contribution in [2.75, 3.05) is 20.6 Å². The van der Waals surface area contributed by atoms with E-state index in [2.05, 4.69) is 32.5 Å². The van der Waals surface area contributed by atoms with Gasteiger partial charge in [-0.2, -0.15) is 5.10 Å². The molecule has 1 saturated carbocycles. The number of carbonyl (C=O) groups excluding carboxylic acids is 1. The van der Waals surface area contributed by atoms with Crippen LogP contribution in [0.25, 0.3) is 10.9 Å². The highest BCUT2D eigenvalue weighted by Crippen LogP contribution is 2.65. The molecule has 3 aromatic rings. The van der Waals surface area contributed by atoms with Crippen LogP contribution in [0.1, 0.15) is 43.2 Å². The Labute approximate surface area is 193 Å². The van der Waals surface area contributed by atoms with Crippen molar-refractivity contribution < 1.29 is 13.6 Å². The molecule has 1 aromatic heterocycles. The largest absolute Gasteiger partial charge is 0.355 e. The molecule has 1 aliphatic carbocycles. The topological polar surface area (TPSA) is 61.0 Å². The fourth-order valence-corrected chi connectivity index (χ4v) is 4.86. The van der Waals surface area contributed by atoms with Gasteiger partial charge in [0.1, 0.15) is 0 Å². The minimum absolute atomic E-state index is 0.0641. The van der Waals surface area contributed by atoms with Crippen molar-refractivity contribution in [3.63, 3.8) is 0 Å². The van der Waals surface area contributed by atoms with Crippen LogP contribution in [0, 0.1) is 5.41 Å². The number of aromatic amines is 1. The number of amides is 1. The first kappa shape index (κ1) is 23.4. The summed E-state index contributed by atoms with van der Waals surface area (Å²) in [4.78, 5) is 15.0. The van der Waals surface area contributed by atoms with Crippen molar-refractivity contribution in [3.05, 3.63) is 65.9 Å². The summed E-state index contributed by atoms with van der Waals surface area (Å²) in [7, 11) is 3.97. The Balaban J connectivity index is 1.43. The highest BCUT2D eigenvalue weighted by Gasteiger charge is 2.63. The summed E-state index contributed by atoms with van der Waals surface area (Å²) in [5.74, 6) is -3.51. The average Bonchev–Trinajstić information content (AvgIpc) is 3.47. The van der Waals surface area contributed by atoms with Crippen molar-refractivity contribution in [1.82, 2.24) is 20.4 Å². The molecule has 0 unspecified atom stereocenters. The number of benzene rings is 2. The van der Waals surface area contributed by atoms with E-state index in [1.165, 1.54) is 0 Å². The molecule has 176 valence electrons. The molecule has 1 fully saturated rings. The lowest BCUT2D eigenvalue weighted by Gasteiger charge is -2.32. The number of nitrogens with one attached hydrogen (secondary N) is 2. The van der Waals surface area contributed by atoms with Crippen LogP contribution < -0.4 is 5.32 Å². The number of likely N-dealkylation sites (N-methyl/N-ethyl adjacent to an activating group) is 1. The zero-order chi connectivity index (χ0) is 23.6. The van der Waals surface area contributed by atoms with Crippen LogP contribution >= 0.6 is 0 Å². The van der Waals surface area contributed by atoms with Gasteiger partial charge in [0.05, 0.1) is 11.7 Å². The van der Waals surface area contributed by atoms with Crippen LogP contribution in [-0.4, -0.2) is 53.6 Å². The second-order valence-corrected chi connectivity index (χ2v) is 9.63. The highest BCUT2D eigenvalue weighted by atomic mass is 19.3. The number of fused-ring (bicyclic) bond motifs is 1. The molecule has 7 heteroatoms. The smallest absolute Gasteiger partial charge is 0.251 e. The van der Waals surface area contributed by atoms with Crippen molar-refractivity contribution in [1.29, 1.82) is 0 Å². The second kappa shape index (κ2) is 9.21. The summed E-state index contributed by atoms with van der Waals surface area (Å²) in [5.41, 5.74) is 1.82. The van der Waals surface area contributed by atoms with Gasteiger partial charge in [0.15, 0.2) is 0 Å². The van der Waals surface area contributed by atoms with Crippen molar-refractivity contribution >= 4 is 16.8 Å². The number of nitrogens with zero attached hydrogens (tertiary/aromatic N) is 2. The highest BCUT2D eigenvalue weighted by molar-refractivity contribution is 5.78. The van der Waals surface area contributed by atoms with E-state index in [1.807, 2.05) is 50.5 Å². The maximum absolute atomic E-state index is 14.6. The normalized spacial score (nSPS) is 17.2. The molecule has 1 heterocycles. The number of hydrogen-bond acceptors (Lipinski definition) is 3. The zero-order valence-electron chi connectivity index (χ0n) is 19.4. The fourth-order valence-electron chi connectivity index (χ4n) is 4.86. The molecule has 0 spiro atoms. The summed E-state index contributed by atoms with van der Waals surface area (Å²) in [5, 5.41) is 11.1. The maximum atomic E-state index is 14.6. The lowest BCUT2D eigenvalue weighted by Crippen LogP contribution is -2.42. The van der Waals surface area contributed by atoms with Gasteiger partial charge < -0.3 is 10.2 Å². The molecule has 0 radical (unpaired) electrons. The predicted octanol–water partition coefficient (Wildman–Crippen LogP) is 4.76. The second-order valence-electron chi connectivity index (χ2n) is 9.63. The third-order valence-corrected chi connectivity index (χ3v) is 7.16. The van der Waals surface area contributed by atoms with Crippen LogP contribution in [0.15, 0.2) is 54.7 Å². The van der Waals surface area contributed by atoms with Gasteiger partial charge in [0.25, 0.3) is 5.92 Å². The third kappa shape index (κ3) is 5.08. The Bertz CT molecular complexity index is 1090. The van der Waals surface area contributed by atoms with Gasteiger partial charge in [-0.3, -0.25) is 9.89 Å². The minimum Gasteiger partial charge on any atom is -0.355 e. The Hall–Kier alpha value is -2.80. The van der Waals surface area contributed by atoms with Crippen LogP contribution in [0.2, 0.25) is 0 Å². The first-order valence-electron chi connectivity index (χ1n) is 11.5. The molecule has 2 N–H and O–H groups in total. The Kier molecular flexibility index (Phi) is 6.52. The summed E-state index contributed by atoms with van der Waals surface area (Å²) in [6.45, 7) is 1.44. The van der Waals surface area contributed by atoms with Gasteiger partial charge in [-0.25, -0.2) is 8.78 Å². The molecule has 0 aliphatic heterocycles. The summed E-state index contributed by atoms with van der Waals surface area (Å²) < 4.78 is 29.1. The van der Waals surface area contributed by atoms with Crippen LogP contribution in [0.4, 0.5) is 8.78 Å². The fraction of sp³-hybridized carbons (Fsp3) is 0.462. The molecule has 1 amide bonds. The van der Waals surface area contributed by atoms with E-state index in [-0.39, 0.29) is 18.4 Å². The Morgan fingerprint density at radius 3 is 2.58 bits per heavy atom. The van der Waals surface area contributed by atoms with Gasteiger partial charge in [0, 0.05) is 35.7 Å². The maximum Gasteiger partial charge on any atom is 0.251 e. The average molecular weight is 455 g/mol. The minimum atomic E-state index is -2.83. The number of aromatic nitrogens is 2. The predicted molar refractivity (Wildman–Crippen MR) is 126 cm³/mol. The lowest BCUT2D eigenvalue weighted by molar-refractivity contribution is -0.123. The molecule has 2 aromatic carbocycles. The Morgan fingerprint density at radius 2 is 1.94 bits per heavy atom. The number of rotatable bonds is 10. The van der Waals surface area contributed by atoms with E-state index >= 15 is 0 Å². The summed E-state index contributed by atoms with van der Waals surface area (Å²) >= 11 is 0. The van der Waals surface area contributed by atoms with Crippen molar-refractivity contribution in [2.24, 2.45) is 5.41 Å². The van der Waals surface area contributed by atoms with Gasteiger partial charge >= 0.3 is 0 Å². The molecule has 0 saturated heterocycles. The van der Waals surface area contributed by atoms with Gasteiger partial charge in [-0.1, -0.05) is 36.4 Å². The number of alkyl halides is 2. The van der Waals surface area contributed by atoms with Gasteiger partial charge in [0.2, 0.25) is 5.91 Å². The summed E-state index contributed by atoms with van der Waals surface area (Å²) in [6.07, 6.45) is 3.51. The van der Waals surface area contributed by atoms with Crippen LogP contribution in [0.5, 0.6) is 0 Å². The SMILES string of the molecule is CN(C)[C@H](CNC(=O)C[C@H](c1ccccc1)C1(C(C)(F)F)CC1)Cc1ccc2[nH]ncc2c1. The molecular formula is C26H32F2N4O. The third-order valence-electron chi connectivity index (χ3n) is 7.16. The number of H-pyrrole nitrogens is 1. The van der Waals surface area contributed by atoms with E-state index < -0.39 is 17.3 Å². The lowest BCUT2D eigenvalue weighted by atomic mass is 9.77. The van der Waals surface area contributed by atoms with E-state index in [1.54, 1.807) is 6.20 Å². The van der Waals surface area contributed by atoms with E-state index in [0.717, 1.165) is 35.4 Å². The van der Waals surface area contributed by atoms with Crippen LogP contribution in [0.3, 0.4) is 0 Å². The number of carbonyl (C=O) groups is 1. The van der Waals surface area contributed by atoms with E-state index in [9.17, 15) is 13.6 Å².